The van der Waals surface area contributed by atoms with Crippen LogP contribution in [0.2, 0.25) is 0 Å². The van der Waals surface area contributed by atoms with E-state index in [0.717, 1.165) is 4.91 Å². The third-order valence-corrected chi connectivity index (χ3v) is 4.15. The Balaban J connectivity index is 1.82. The van der Waals surface area contributed by atoms with E-state index < -0.39 is 5.37 Å². The first-order valence-corrected chi connectivity index (χ1v) is 6.92. The number of fused-ring (bicyclic) bond motifs is 1. The summed E-state index contributed by atoms with van der Waals surface area (Å²) in [4.78, 5) is 28.8. The fraction of sp³-hybridized carbons (Fsp3) is 0.133. The van der Waals surface area contributed by atoms with Gasteiger partial charge in [0.2, 0.25) is 0 Å². The van der Waals surface area contributed by atoms with Crippen molar-refractivity contribution in [3.05, 3.63) is 53.0 Å². The summed E-state index contributed by atoms with van der Waals surface area (Å²) in [6, 6.07) is 6.93. The molecule has 5 heteroatoms. The summed E-state index contributed by atoms with van der Waals surface area (Å²) in [6.07, 6.45) is 4.64. The molecule has 0 amide bonds. The van der Waals surface area contributed by atoms with Crippen LogP contribution in [0.25, 0.3) is 0 Å². The quantitative estimate of drug-likeness (QED) is 0.632. The molecule has 0 spiro atoms. The first-order chi connectivity index (χ1) is 9.67. The molecule has 0 aromatic heterocycles. The smallest absolute Gasteiger partial charge is 0.197 e. The van der Waals surface area contributed by atoms with Crippen molar-refractivity contribution < 1.29 is 14.3 Å². The van der Waals surface area contributed by atoms with Crippen LogP contribution in [-0.4, -0.2) is 29.8 Å². The highest BCUT2D eigenvalue weighted by atomic mass is 32.2. The number of carbonyl (C=O) groups excluding carboxylic acids is 2. The zero-order valence-corrected chi connectivity index (χ0v) is 11.5. The Hall–Kier alpha value is -2.14. The van der Waals surface area contributed by atoms with Gasteiger partial charge in [-0.2, -0.15) is 0 Å². The highest BCUT2D eigenvalue weighted by Crippen LogP contribution is 2.35. The van der Waals surface area contributed by atoms with Gasteiger partial charge in [0.05, 0.1) is 12.8 Å². The molecule has 0 bridgehead atoms. The normalized spacial score (nSPS) is 20.2. The predicted octanol–water partition coefficient (Wildman–Crippen LogP) is 2.41. The molecule has 1 atom stereocenters. The number of ketones is 2. The number of benzene rings is 1. The molecule has 0 radical (unpaired) electrons. The summed E-state index contributed by atoms with van der Waals surface area (Å²) >= 11 is 1.32. The number of ether oxygens (including phenoxy) is 1. The van der Waals surface area contributed by atoms with E-state index in [1.807, 2.05) is 0 Å². The lowest BCUT2D eigenvalue weighted by atomic mass is 10.1. The third-order valence-electron chi connectivity index (χ3n) is 3.03. The van der Waals surface area contributed by atoms with Crippen LogP contribution >= 0.6 is 11.8 Å². The first kappa shape index (κ1) is 12.9. The Morgan fingerprint density at radius 1 is 1.25 bits per heavy atom. The van der Waals surface area contributed by atoms with Crippen LogP contribution in [0.5, 0.6) is 5.75 Å². The minimum absolute atomic E-state index is 0.0657. The lowest BCUT2D eigenvalue weighted by Gasteiger charge is -2.06. The lowest BCUT2D eigenvalue weighted by molar-refractivity contribution is -0.110. The van der Waals surface area contributed by atoms with Gasteiger partial charge in [-0.3, -0.25) is 14.6 Å². The van der Waals surface area contributed by atoms with E-state index in [4.69, 9.17) is 4.74 Å². The van der Waals surface area contributed by atoms with E-state index >= 15 is 0 Å². The van der Waals surface area contributed by atoms with Crippen LogP contribution < -0.4 is 4.74 Å². The summed E-state index contributed by atoms with van der Waals surface area (Å²) < 4.78 is 5.06. The molecule has 1 aliphatic carbocycles. The van der Waals surface area contributed by atoms with Crippen molar-refractivity contribution in [1.82, 2.24) is 0 Å². The summed E-state index contributed by atoms with van der Waals surface area (Å²) in [5.41, 5.74) is 1.30. The van der Waals surface area contributed by atoms with Crippen LogP contribution in [0.4, 0.5) is 0 Å². The van der Waals surface area contributed by atoms with Crippen molar-refractivity contribution in [1.29, 1.82) is 0 Å². The number of rotatable bonds is 3. The van der Waals surface area contributed by atoms with E-state index in [0.29, 0.717) is 17.0 Å². The molecule has 2 aliphatic rings. The molecule has 0 fully saturated rings. The summed E-state index contributed by atoms with van der Waals surface area (Å²) in [5.74, 6) is 0.571. The average molecular weight is 285 g/mol. The summed E-state index contributed by atoms with van der Waals surface area (Å²) in [6.45, 7) is 0. The number of Topliss-reactive ketones (excluding diaryl/α,β-unsaturated/α-hetero) is 1. The number of hydrogen-bond acceptors (Lipinski definition) is 5. The molecule has 1 aromatic rings. The monoisotopic (exact) mass is 285 g/mol. The van der Waals surface area contributed by atoms with E-state index in [2.05, 4.69) is 4.99 Å². The molecule has 20 heavy (non-hydrogen) atoms. The van der Waals surface area contributed by atoms with E-state index in [9.17, 15) is 9.59 Å². The molecule has 0 saturated heterocycles. The molecule has 1 unspecified atom stereocenters. The fourth-order valence-corrected chi connectivity index (χ4v) is 3.05. The van der Waals surface area contributed by atoms with Gasteiger partial charge in [-0.15, -0.1) is 0 Å². The first-order valence-electron chi connectivity index (χ1n) is 6.04. The Kier molecular flexibility index (Phi) is 3.28. The number of thioether (sulfide) groups is 1. The second-order valence-electron chi connectivity index (χ2n) is 4.32. The van der Waals surface area contributed by atoms with E-state index in [-0.39, 0.29) is 11.6 Å². The van der Waals surface area contributed by atoms with E-state index in [1.165, 1.54) is 23.9 Å². The second kappa shape index (κ2) is 5.09. The van der Waals surface area contributed by atoms with Crippen LogP contribution in [0.1, 0.15) is 10.4 Å². The molecule has 1 aromatic carbocycles. The van der Waals surface area contributed by atoms with Gasteiger partial charge in [0, 0.05) is 16.5 Å². The third kappa shape index (κ3) is 2.32. The fourth-order valence-electron chi connectivity index (χ4n) is 1.98. The molecule has 1 aliphatic heterocycles. The minimum atomic E-state index is -0.514. The zero-order valence-electron chi connectivity index (χ0n) is 10.7. The van der Waals surface area contributed by atoms with Crippen LogP contribution in [-0.2, 0) is 4.79 Å². The summed E-state index contributed by atoms with van der Waals surface area (Å²) in [5, 5.41) is -0.514. The largest absolute Gasteiger partial charge is 0.497 e. The Bertz CT molecular complexity index is 671. The Morgan fingerprint density at radius 3 is 2.70 bits per heavy atom. The molecular formula is C15H11NO3S. The highest BCUT2D eigenvalue weighted by molar-refractivity contribution is 8.05. The molecule has 4 nitrogen and oxygen atoms in total. The number of hydrogen-bond donors (Lipinski definition) is 0. The van der Waals surface area contributed by atoms with Crippen LogP contribution in [0, 0.1) is 0 Å². The lowest BCUT2D eigenvalue weighted by Crippen LogP contribution is -2.12. The molecule has 100 valence electrons. The number of nitrogens with zero attached hydrogens (tertiary/aromatic N) is 1. The Labute approximate surface area is 120 Å². The Morgan fingerprint density at radius 2 is 2.00 bits per heavy atom. The van der Waals surface area contributed by atoms with Gasteiger partial charge in [0.15, 0.2) is 16.9 Å². The van der Waals surface area contributed by atoms with Gasteiger partial charge in [-0.25, -0.2) is 0 Å². The van der Waals surface area contributed by atoms with Gasteiger partial charge in [-0.1, -0.05) is 11.8 Å². The number of methoxy groups -OCH3 is 1. The van der Waals surface area contributed by atoms with Gasteiger partial charge in [0.1, 0.15) is 5.75 Å². The maximum absolute atomic E-state index is 12.4. The van der Waals surface area contributed by atoms with Crippen LogP contribution in [0.3, 0.4) is 0 Å². The number of aliphatic imine (C=N–C) groups is 1. The molecule has 3 rings (SSSR count). The van der Waals surface area contributed by atoms with Crippen molar-refractivity contribution >= 4 is 29.0 Å². The molecule has 0 N–H and O–H groups in total. The summed E-state index contributed by atoms with van der Waals surface area (Å²) in [7, 11) is 1.58. The average Bonchev–Trinajstić information content (AvgIpc) is 2.89. The topological polar surface area (TPSA) is 55.7 Å². The maximum Gasteiger partial charge on any atom is 0.197 e. The zero-order chi connectivity index (χ0) is 14.1. The van der Waals surface area contributed by atoms with Gasteiger partial charge in [0.25, 0.3) is 0 Å². The maximum atomic E-state index is 12.4. The number of allylic oxidation sites excluding steroid dienone is 4. The van der Waals surface area contributed by atoms with Gasteiger partial charge in [-0.05, 0) is 36.4 Å². The second-order valence-corrected chi connectivity index (χ2v) is 5.44. The molecular weight excluding hydrogens is 274 g/mol. The van der Waals surface area contributed by atoms with Gasteiger partial charge >= 0.3 is 0 Å². The van der Waals surface area contributed by atoms with Gasteiger partial charge < -0.3 is 4.74 Å². The number of carbonyl (C=O) groups is 2. The standard InChI is InChI=1S/C15H11NO3S/c1-19-11-5-2-9(3-6-11)14(18)15-16-12-7-4-10(17)8-13(12)20-15/h2-8,15H,1H3. The minimum Gasteiger partial charge on any atom is -0.497 e. The van der Waals surface area contributed by atoms with Crippen molar-refractivity contribution in [3.63, 3.8) is 0 Å². The van der Waals surface area contributed by atoms with Crippen molar-refractivity contribution in [2.75, 3.05) is 7.11 Å². The molecule has 1 heterocycles. The SMILES string of the molecule is COc1ccc(C(=O)C2N=C3C=CC(=O)C=C3S2)cc1. The van der Waals surface area contributed by atoms with E-state index in [1.54, 1.807) is 37.5 Å². The van der Waals surface area contributed by atoms with Crippen molar-refractivity contribution in [2.24, 2.45) is 4.99 Å². The predicted molar refractivity (Wildman–Crippen MR) is 78.4 cm³/mol. The highest BCUT2D eigenvalue weighted by Gasteiger charge is 2.30. The molecule has 0 saturated carbocycles. The van der Waals surface area contributed by atoms with Crippen molar-refractivity contribution in [2.45, 2.75) is 5.37 Å². The van der Waals surface area contributed by atoms with Crippen molar-refractivity contribution in [3.8, 4) is 5.75 Å². The van der Waals surface area contributed by atoms with Crippen LogP contribution in [0.15, 0.2) is 52.4 Å².